The van der Waals surface area contributed by atoms with Crippen LogP contribution in [0.25, 0.3) is 5.13 Å². The highest BCUT2D eigenvalue weighted by Crippen LogP contribution is 2.29. The molecule has 34 heavy (non-hydrogen) atoms. The molecule has 1 aliphatic carbocycles. The number of amides is 2. The number of thiazole rings is 1. The van der Waals surface area contributed by atoms with Crippen LogP contribution in [0.15, 0.2) is 35.2 Å². The van der Waals surface area contributed by atoms with E-state index >= 15 is 0 Å². The summed E-state index contributed by atoms with van der Waals surface area (Å²) in [5, 5.41) is 7.22. The smallest absolute Gasteiger partial charge is 0.406 e. The van der Waals surface area contributed by atoms with Crippen LogP contribution in [-0.2, 0) is 0 Å². The number of ether oxygens (including phenoxy) is 1. The zero-order chi connectivity index (χ0) is 24.6. The molecule has 0 unspecified atom stereocenters. The molecule has 0 aliphatic heterocycles. The zero-order valence-electron chi connectivity index (χ0n) is 17.8. The van der Waals surface area contributed by atoms with Gasteiger partial charge in [0, 0.05) is 23.1 Å². The van der Waals surface area contributed by atoms with E-state index in [2.05, 4.69) is 41.1 Å². The van der Waals surface area contributed by atoms with E-state index in [9.17, 15) is 22.8 Å². The van der Waals surface area contributed by atoms with E-state index in [1.165, 1.54) is 23.3 Å². The first kappa shape index (κ1) is 24.1. The molecular weight excluding hydrogens is 541 g/mol. The molecule has 0 saturated heterocycles. The third-order valence-corrected chi connectivity index (χ3v) is 6.40. The summed E-state index contributed by atoms with van der Waals surface area (Å²) in [6, 6.07) is 3.03. The summed E-state index contributed by atoms with van der Waals surface area (Å²) in [5.41, 5.74) is -0.0446. The Bertz CT molecular complexity index is 1230. The van der Waals surface area contributed by atoms with Crippen LogP contribution < -0.4 is 10.1 Å². The summed E-state index contributed by atoms with van der Waals surface area (Å²) in [7, 11) is 1.75. The molecule has 14 heteroatoms. The largest absolute Gasteiger partial charge is 0.573 e. The Morgan fingerprint density at radius 3 is 2.71 bits per heavy atom. The molecule has 1 aliphatic rings. The van der Waals surface area contributed by atoms with Crippen molar-refractivity contribution in [1.29, 1.82) is 0 Å². The SMILES string of the molecule is C[C@H](NC(=O)c1cc(Br)cc(OC(F)(F)F)c1)c1ncnn1-c1ncc(C(=O)N(C)C2CC2)s1. The number of hydrogen-bond donors (Lipinski definition) is 1. The molecule has 0 radical (unpaired) electrons. The van der Waals surface area contributed by atoms with Gasteiger partial charge < -0.3 is 15.0 Å². The van der Waals surface area contributed by atoms with Crippen molar-refractivity contribution in [1.82, 2.24) is 30.0 Å². The summed E-state index contributed by atoms with van der Waals surface area (Å²) >= 11 is 4.23. The van der Waals surface area contributed by atoms with Crippen molar-refractivity contribution in [3.8, 4) is 10.9 Å². The van der Waals surface area contributed by atoms with Crippen molar-refractivity contribution in [2.45, 2.75) is 38.2 Å². The first-order valence-corrected chi connectivity index (χ1v) is 11.6. The van der Waals surface area contributed by atoms with Gasteiger partial charge >= 0.3 is 6.36 Å². The molecule has 9 nitrogen and oxygen atoms in total. The van der Waals surface area contributed by atoms with Gasteiger partial charge in [-0.2, -0.15) is 9.78 Å². The monoisotopic (exact) mass is 558 g/mol. The van der Waals surface area contributed by atoms with Gasteiger partial charge in [-0.15, -0.1) is 13.2 Å². The molecule has 1 fully saturated rings. The fourth-order valence-corrected chi connectivity index (χ4v) is 4.53. The van der Waals surface area contributed by atoms with E-state index in [4.69, 9.17) is 0 Å². The third kappa shape index (κ3) is 5.55. The number of halogens is 4. The zero-order valence-corrected chi connectivity index (χ0v) is 20.2. The van der Waals surface area contributed by atoms with Gasteiger partial charge in [0.2, 0.25) is 5.13 Å². The molecule has 1 aromatic carbocycles. The second kappa shape index (κ2) is 9.33. The topological polar surface area (TPSA) is 102 Å². The normalized spacial score (nSPS) is 14.5. The maximum absolute atomic E-state index is 12.7. The summed E-state index contributed by atoms with van der Waals surface area (Å²) in [5.74, 6) is -0.963. The fraction of sp³-hybridized carbons (Fsp3) is 0.350. The second-order valence-electron chi connectivity index (χ2n) is 7.60. The Kier molecular flexibility index (Phi) is 6.62. The van der Waals surface area contributed by atoms with Crippen molar-refractivity contribution in [2.24, 2.45) is 0 Å². The minimum Gasteiger partial charge on any atom is -0.406 e. The lowest BCUT2D eigenvalue weighted by molar-refractivity contribution is -0.274. The average molecular weight is 559 g/mol. The van der Waals surface area contributed by atoms with Gasteiger partial charge in [-0.3, -0.25) is 9.59 Å². The number of nitrogens with zero attached hydrogens (tertiary/aromatic N) is 5. The molecule has 1 atom stereocenters. The summed E-state index contributed by atoms with van der Waals surface area (Å²) in [6.45, 7) is 1.64. The molecule has 3 aromatic rings. The standard InChI is InChI=1S/C20H18BrF3N6O3S/c1-10(28-17(31)11-5-12(21)7-14(6-11)33-20(22,23)24)16-26-9-27-30(16)19-25-8-15(34-19)18(32)29(2)13-3-4-13/h5-10,13H,3-4H2,1-2H3,(H,28,31)/t10-/m0/s1. The van der Waals surface area contributed by atoms with Crippen molar-refractivity contribution in [3.05, 3.63) is 51.5 Å². The minimum atomic E-state index is -4.89. The average Bonchev–Trinajstić information content (AvgIpc) is 3.28. The van der Waals surface area contributed by atoms with Crippen LogP contribution in [0.2, 0.25) is 0 Å². The van der Waals surface area contributed by atoms with Gasteiger partial charge in [0.15, 0.2) is 5.82 Å². The fourth-order valence-electron chi connectivity index (χ4n) is 3.19. The van der Waals surface area contributed by atoms with Gasteiger partial charge in [0.1, 0.15) is 17.0 Å². The van der Waals surface area contributed by atoms with E-state index in [0.29, 0.717) is 15.8 Å². The van der Waals surface area contributed by atoms with Crippen LogP contribution in [0.3, 0.4) is 0 Å². The molecule has 2 heterocycles. The molecule has 0 spiro atoms. The lowest BCUT2D eigenvalue weighted by Gasteiger charge is -2.15. The van der Waals surface area contributed by atoms with Crippen LogP contribution in [0.5, 0.6) is 5.75 Å². The molecule has 1 N–H and O–H groups in total. The number of rotatable bonds is 7. The highest BCUT2D eigenvalue weighted by Gasteiger charge is 2.32. The lowest BCUT2D eigenvalue weighted by atomic mass is 10.2. The highest BCUT2D eigenvalue weighted by atomic mass is 79.9. The van der Waals surface area contributed by atoms with Crippen molar-refractivity contribution in [3.63, 3.8) is 0 Å². The predicted octanol–water partition coefficient (Wildman–Crippen LogP) is 4.11. The Hall–Kier alpha value is -3.00. The van der Waals surface area contributed by atoms with Crippen LogP contribution in [0.4, 0.5) is 13.2 Å². The van der Waals surface area contributed by atoms with Crippen molar-refractivity contribution < 1.29 is 27.5 Å². The van der Waals surface area contributed by atoms with E-state index in [1.54, 1.807) is 18.9 Å². The number of carbonyl (C=O) groups is 2. The Labute approximate surface area is 204 Å². The number of hydrogen-bond acceptors (Lipinski definition) is 7. The molecule has 1 saturated carbocycles. The number of carbonyl (C=O) groups excluding carboxylic acids is 2. The molecule has 180 valence electrons. The van der Waals surface area contributed by atoms with Crippen LogP contribution in [0.1, 0.15) is 51.7 Å². The van der Waals surface area contributed by atoms with Gasteiger partial charge in [-0.1, -0.05) is 27.3 Å². The van der Waals surface area contributed by atoms with Crippen LogP contribution in [0, 0.1) is 0 Å². The van der Waals surface area contributed by atoms with E-state index < -0.39 is 24.1 Å². The van der Waals surface area contributed by atoms with Gasteiger partial charge in [-0.05, 0) is 38.0 Å². The first-order chi connectivity index (χ1) is 16.0. The number of nitrogens with one attached hydrogen (secondary N) is 1. The summed E-state index contributed by atoms with van der Waals surface area (Å²) in [4.78, 5) is 35.9. The predicted molar refractivity (Wildman–Crippen MR) is 119 cm³/mol. The Morgan fingerprint density at radius 2 is 2.03 bits per heavy atom. The maximum Gasteiger partial charge on any atom is 0.573 e. The molecule has 2 aromatic heterocycles. The molecular formula is C20H18BrF3N6O3S. The number of aromatic nitrogens is 4. The van der Waals surface area contributed by atoms with Gasteiger partial charge in [0.25, 0.3) is 11.8 Å². The van der Waals surface area contributed by atoms with Crippen molar-refractivity contribution in [2.75, 3.05) is 7.05 Å². The van der Waals surface area contributed by atoms with Crippen molar-refractivity contribution >= 4 is 39.1 Å². The maximum atomic E-state index is 12.7. The highest BCUT2D eigenvalue weighted by molar-refractivity contribution is 9.10. The minimum absolute atomic E-state index is 0.0446. The molecule has 4 rings (SSSR count). The Balaban J connectivity index is 1.50. The number of alkyl halides is 3. The van der Waals surface area contributed by atoms with Crippen LogP contribution in [-0.4, -0.2) is 55.9 Å². The van der Waals surface area contributed by atoms with Gasteiger partial charge in [0.05, 0.1) is 12.2 Å². The molecule has 0 bridgehead atoms. The lowest BCUT2D eigenvalue weighted by Crippen LogP contribution is -2.29. The van der Waals surface area contributed by atoms with E-state index in [-0.39, 0.29) is 22.0 Å². The second-order valence-corrected chi connectivity index (χ2v) is 9.53. The quantitative estimate of drug-likeness (QED) is 0.468. The molecule has 2 amide bonds. The Morgan fingerprint density at radius 1 is 1.29 bits per heavy atom. The van der Waals surface area contributed by atoms with E-state index in [0.717, 1.165) is 36.3 Å². The summed E-state index contributed by atoms with van der Waals surface area (Å²) in [6.07, 6.45) is -0.162. The third-order valence-electron chi connectivity index (χ3n) is 4.98. The number of benzene rings is 1. The van der Waals surface area contributed by atoms with Crippen LogP contribution >= 0.6 is 27.3 Å². The van der Waals surface area contributed by atoms with E-state index in [1.807, 2.05) is 0 Å². The first-order valence-electron chi connectivity index (χ1n) is 10.0. The summed E-state index contributed by atoms with van der Waals surface area (Å²) < 4.78 is 43.2. The van der Waals surface area contributed by atoms with Gasteiger partial charge in [-0.25, -0.2) is 9.97 Å².